The lowest BCUT2D eigenvalue weighted by Crippen LogP contribution is -2.43. The standard InChI is InChI=1S/C18H20BrN3O2/c1-2-15(12-8-10-14(19)11-9-12)21-16(17(23)22-18(20)24)13-6-4-3-5-7-13/h3-11,15-16,21H,2H2,1H3,(H3,20,22,23,24)/t15-,16+/m0/s1. The van der Waals surface area contributed by atoms with Gasteiger partial charge in [0.15, 0.2) is 0 Å². The minimum atomic E-state index is -0.862. The van der Waals surface area contributed by atoms with Crippen molar-refractivity contribution >= 4 is 27.9 Å². The number of carbonyl (C=O) groups excluding carboxylic acids is 2. The van der Waals surface area contributed by atoms with E-state index in [9.17, 15) is 9.59 Å². The van der Waals surface area contributed by atoms with Gasteiger partial charge in [-0.15, -0.1) is 0 Å². The van der Waals surface area contributed by atoms with Crippen LogP contribution < -0.4 is 16.4 Å². The number of urea groups is 1. The second-order valence-corrected chi connectivity index (χ2v) is 6.29. The highest BCUT2D eigenvalue weighted by atomic mass is 79.9. The van der Waals surface area contributed by atoms with Crippen molar-refractivity contribution in [2.24, 2.45) is 5.73 Å². The first-order chi connectivity index (χ1) is 11.5. The molecule has 2 aromatic carbocycles. The van der Waals surface area contributed by atoms with Crippen LogP contribution in [0.15, 0.2) is 59.1 Å². The number of halogens is 1. The van der Waals surface area contributed by atoms with Crippen LogP contribution in [-0.4, -0.2) is 11.9 Å². The molecular weight excluding hydrogens is 370 g/mol. The zero-order valence-electron chi connectivity index (χ0n) is 13.3. The van der Waals surface area contributed by atoms with Crippen LogP contribution in [0.1, 0.15) is 36.6 Å². The van der Waals surface area contributed by atoms with E-state index in [1.165, 1.54) is 0 Å². The van der Waals surface area contributed by atoms with Gasteiger partial charge in [-0.2, -0.15) is 0 Å². The van der Waals surface area contributed by atoms with Gasteiger partial charge >= 0.3 is 6.03 Å². The first-order valence-corrected chi connectivity index (χ1v) is 8.47. The molecule has 0 saturated carbocycles. The first kappa shape index (κ1) is 18.2. The zero-order valence-corrected chi connectivity index (χ0v) is 14.9. The normalized spacial score (nSPS) is 13.1. The van der Waals surface area contributed by atoms with Crippen molar-refractivity contribution in [2.75, 3.05) is 0 Å². The van der Waals surface area contributed by atoms with Gasteiger partial charge in [0, 0.05) is 10.5 Å². The van der Waals surface area contributed by atoms with Crippen molar-refractivity contribution < 1.29 is 9.59 Å². The lowest BCUT2D eigenvalue weighted by molar-refractivity contribution is -0.122. The van der Waals surface area contributed by atoms with Crippen LogP contribution in [0.2, 0.25) is 0 Å². The van der Waals surface area contributed by atoms with Crippen molar-refractivity contribution in [1.29, 1.82) is 0 Å². The van der Waals surface area contributed by atoms with E-state index in [-0.39, 0.29) is 6.04 Å². The van der Waals surface area contributed by atoms with Crippen molar-refractivity contribution in [3.05, 3.63) is 70.2 Å². The van der Waals surface area contributed by atoms with Crippen molar-refractivity contribution in [2.45, 2.75) is 25.4 Å². The van der Waals surface area contributed by atoms with Gasteiger partial charge in [0.05, 0.1) is 0 Å². The maximum atomic E-state index is 12.4. The van der Waals surface area contributed by atoms with Crippen LogP contribution in [0.5, 0.6) is 0 Å². The van der Waals surface area contributed by atoms with E-state index in [0.29, 0.717) is 0 Å². The maximum Gasteiger partial charge on any atom is 0.318 e. The number of hydrogen-bond donors (Lipinski definition) is 3. The van der Waals surface area contributed by atoms with E-state index >= 15 is 0 Å². The minimum Gasteiger partial charge on any atom is -0.351 e. The van der Waals surface area contributed by atoms with Gasteiger partial charge in [0.2, 0.25) is 5.91 Å². The molecule has 0 aliphatic heterocycles. The number of nitrogens with one attached hydrogen (secondary N) is 2. The van der Waals surface area contributed by atoms with Gasteiger partial charge in [-0.25, -0.2) is 4.79 Å². The molecule has 0 radical (unpaired) electrons. The van der Waals surface area contributed by atoms with E-state index in [2.05, 4.69) is 26.6 Å². The van der Waals surface area contributed by atoms with Crippen molar-refractivity contribution in [3.8, 4) is 0 Å². The smallest absolute Gasteiger partial charge is 0.318 e. The summed E-state index contributed by atoms with van der Waals surface area (Å²) in [6.07, 6.45) is 0.787. The van der Waals surface area contributed by atoms with Gasteiger partial charge in [-0.1, -0.05) is 65.3 Å². The summed E-state index contributed by atoms with van der Waals surface area (Å²) in [6.45, 7) is 2.04. The number of rotatable bonds is 6. The average molecular weight is 390 g/mol. The van der Waals surface area contributed by atoms with Crippen LogP contribution in [0.25, 0.3) is 0 Å². The molecule has 24 heavy (non-hydrogen) atoms. The number of amides is 3. The molecular formula is C18H20BrN3O2. The molecule has 126 valence electrons. The van der Waals surface area contributed by atoms with Gasteiger partial charge < -0.3 is 5.73 Å². The number of nitrogens with two attached hydrogens (primary N) is 1. The molecule has 2 aromatic rings. The van der Waals surface area contributed by atoms with E-state index in [4.69, 9.17) is 5.73 Å². The van der Waals surface area contributed by atoms with Gasteiger partial charge in [-0.05, 0) is 29.7 Å². The lowest BCUT2D eigenvalue weighted by atomic mass is 10.00. The highest BCUT2D eigenvalue weighted by Crippen LogP contribution is 2.24. The summed E-state index contributed by atoms with van der Waals surface area (Å²) in [5.74, 6) is -0.468. The Kier molecular flexibility index (Phi) is 6.52. The summed E-state index contributed by atoms with van der Waals surface area (Å²) in [5.41, 5.74) is 6.93. The average Bonchev–Trinajstić information content (AvgIpc) is 2.57. The van der Waals surface area contributed by atoms with E-state index in [1.54, 1.807) is 0 Å². The minimum absolute atomic E-state index is 0.0399. The Morgan fingerprint density at radius 1 is 1.04 bits per heavy atom. The fourth-order valence-corrected chi connectivity index (χ4v) is 2.77. The van der Waals surface area contributed by atoms with E-state index in [1.807, 2.05) is 61.5 Å². The topological polar surface area (TPSA) is 84.2 Å². The number of imide groups is 1. The molecule has 0 unspecified atom stereocenters. The number of primary amides is 1. The third-order valence-corrected chi connectivity index (χ3v) is 4.22. The van der Waals surface area contributed by atoms with E-state index in [0.717, 1.165) is 22.0 Å². The molecule has 0 saturated heterocycles. The summed E-state index contributed by atoms with van der Waals surface area (Å²) in [7, 11) is 0. The lowest BCUT2D eigenvalue weighted by Gasteiger charge is -2.25. The molecule has 4 N–H and O–H groups in total. The van der Waals surface area contributed by atoms with Gasteiger partial charge in [-0.3, -0.25) is 15.4 Å². The molecule has 0 aromatic heterocycles. The Morgan fingerprint density at radius 2 is 1.67 bits per heavy atom. The molecule has 6 heteroatoms. The largest absolute Gasteiger partial charge is 0.351 e. The molecule has 5 nitrogen and oxygen atoms in total. The molecule has 0 spiro atoms. The van der Waals surface area contributed by atoms with Crippen LogP contribution in [0.4, 0.5) is 4.79 Å². The Hall–Kier alpha value is -2.18. The Bertz CT molecular complexity index is 689. The molecule has 0 aliphatic rings. The molecule has 0 fully saturated rings. The Balaban J connectivity index is 2.27. The van der Waals surface area contributed by atoms with Gasteiger partial charge in [0.1, 0.15) is 6.04 Å². The van der Waals surface area contributed by atoms with Crippen LogP contribution >= 0.6 is 15.9 Å². The SMILES string of the molecule is CC[C@H](N[C@@H](C(=O)NC(N)=O)c1ccccc1)c1ccc(Br)cc1. The summed E-state index contributed by atoms with van der Waals surface area (Å²) in [6, 6.07) is 15.6. The number of hydrogen-bond acceptors (Lipinski definition) is 3. The predicted octanol–water partition coefficient (Wildman–Crippen LogP) is 3.43. The third kappa shape index (κ3) is 4.91. The Morgan fingerprint density at radius 3 is 2.21 bits per heavy atom. The van der Waals surface area contributed by atoms with Crippen LogP contribution in [-0.2, 0) is 4.79 Å². The monoisotopic (exact) mass is 389 g/mol. The van der Waals surface area contributed by atoms with Crippen molar-refractivity contribution in [1.82, 2.24) is 10.6 Å². The first-order valence-electron chi connectivity index (χ1n) is 7.68. The Labute approximate surface area is 149 Å². The number of benzene rings is 2. The van der Waals surface area contributed by atoms with Crippen molar-refractivity contribution in [3.63, 3.8) is 0 Å². The number of carbonyl (C=O) groups is 2. The molecule has 2 atom stereocenters. The second-order valence-electron chi connectivity index (χ2n) is 5.38. The second kappa shape index (κ2) is 8.61. The maximum absolute atomic E-state index is 12.4. The quantitative estimate of drug-likeness (QED) is 0.707. The highest BCUT2D eigenvalue weighted by Gasteiger charge is 2.24. The molecule has 0 heterocycles. The zero-order chi connectivity index (χ0) is 17.5. The molecule has 0 bridgehead atoms. The molecule has 0 aliphatic carbocycles. The predicted molar refractivity (Wildman–Crippen MR) is 97.2 cm³/mol. The summed E-state index contributed by atoms with van der Waals surface area (Å²) >= 11 is 3.42. The van der Waals surface area contributed by atoms with E-state index < -0.39 is 18.0 Å². The third-order valence-electron chi connectivity index (χ3n) is 3.69. The molecule has 2 rings (SSSR count). The fourth-order valence-electron chi connectivity index (χ4n) is 2.51. The highest BCUT2D eigenvalue weighted by molar-refractivity contribution is 9.10. The van der Waals surface area contributed by atoms with Crippen LogP contribution in [0, 0.1) is 0 Å². The van der Waals surface area contributed by atoms with Crippen LogP contribution in [0.3, 0.4) is 0 Å². The molecule has 3 amide bonds. The summed E-state index contributed by atoms with van der Waals surface area (Å²) < 4.78 is 0.993. The summed E-state index contributed by atoms with van der Waals surface area (Å²) in [5, 5.41) is 5.49. The van der Waals surface area contributed by atoms with Gasteiger partial charge in [0.25, 0.3) is 0 Å². The fraction of sp³-hybridized carbons (Fsp3) is 0.222. The summed E-state index contributed by atoms with van der Waals surface area (Å²) in [4.78, 5) is 23.5.